The SMILES string of the molecule is CC[C@H]1CCC(=O)[C@@H]1C(C)=O. The average molecular weight is 154 g/mol. The van der Waals surface area contributed by atoms with Gasteiger partial charge in [-0.3, -0.25) is 9.59 Å². The fraction of sp³-hybridized carbons (Fsp3) is 0.778. The van der Waals surface area contributed by atoms with Crippen molar-refractivity contribution in [1.29, 1.82) is 0 Å². The van der Waals surface area contributed by atoms with Gasteiger partial charge in [0.2, 0.25) is 0 Å². The third-order valence-electron chi connectivity index (χ3n) is 2.54. The van der Waals surface area contributed by atoms with Crippen LogP contribution in [0.4, 0.5) is 0 Å². The van der Waals surface area contributed by atoms with Gasteiger partial charge in [0.1, 0.15) is 11.6 Å². The highest BCUT2D eigenvalue weighted by atomic mass is 16.1. The molecule has 1 rings (SSSR count). The van der Waals surface area contributed by atoms with Crippen molar-refractivity contribution in [2.75, 3.05) is 0 Å². The van der Waals surface area contributed by atoms with Crippen molar-refractivity contribution in [3.05, 3.63) is 0 Å². The number of carbonyl (C=O) groups is 2. The topological polar surface area (TPSA) is 34.1 Å². The van der Waals surface area contributed by atoms with Crippen molar-refractivity contribution in [2.24, 2.45) is 11.8 Å². The van der Waals surface area contributed by atoms with Crippen molar-refractivity contribution >= 4 is 11.6 Å². The molecule has 0 saturated heterocycles. The van der Waals surface area contributed by atoms with Gasteiger partial charge in [-0.2, -0.15) is 0 Å². The van der Waals surface area contributed by atoms with E-state index < -0.39 is 0 Å². The standard InChI is InChI=1S/C9H14O2/c1-3-7-4-5-8(11)9(7)6(2)10/h7,9H,3-5H2,1-2H3/t7-,9+/m0/s1. The number of carbonyl (C=O) groups excluding carboxylic acids is 2. The maximum atomic E-state index is 11.2. The fourth-order valence-corrected chi connectivity index (χ4v) is 1.91. The lowest BCUT2D eigenvalue weighted by Crippen LogP contribution is -2.21. The zero-order chi connectivity index (χ0) is 8.43. The third-order valence-corrected chi connectivity index (χ3v) is 2.54. The predicted octanol–water partition coefficient (Wildman–Crippen LogP) is 1.58. The van der Waals surface area contributed by atoms with E-state index in [-0.39, 0.29) is 17.5 Å². The molecular formula is C9H14O2. The molecule has 0 aromatic heterocycles. The summed E-state index contributed by atoms with van der Waals surface area (Å²) in [4.78, 5) is 22.2. The van der Waals surface area contributed by atoms with Crippen molar-refractivity contribution in [2.45, 2.75) is 33.1 Å². The molecule has 1 aliphatic rings. The smallest absolute Gasteiger partial charge is 0.143 e. The molecule has 2 atom stereocenters. The number of hydrogen-bond donors (Lipinski definition) is 0. The van der Waals surface area contributed by atoms with Crippen LogP contribution in [0.25, 0.3) is 0 Å². The molecule has 0 aliphatic heterocycles. The molecule has 0 unspecified atom stereocenters. The van der Waals surface area contributed by atoms with Crippen LogP contribution in [0.2, 0.25) is 0 Å². The molecule has 1 saturated carbocycles. The second-order valence-corrected chi connectivity index (χ2v) is 3.26. The first-order chi connectivity index (χ1) is 5.16. The van der Waals surface area contributed by atoms with Crippen molar-refractivity contribution in [3.8, 4) is 0 Å². The van der Waals surface area contributed by atoms with Crippen LogP contribution in [0.3, 0.4) is 0 Å². The molecule has 0 bridgehead atoms. The largest absolute Gasteiger partial charge is 0.299 e. The molecule has 1 fully saturated rings. The maximum absolute atomic E-state index is 11.2. The van der Waals surface area contributed by atoms with Crippen LogP contribution in [-0.4, -0.2) is 11.6 Å². The molecule has 0 aromatic rings. The van der Waals surface area contributed by atoms with Crippen LogP contribution >= 0.6 is 0 Å². The van der Waals surface area contributed by atoms with Crippen molar-refractivity contribution in [1.82, 2.24) is 0 Å². The second kappa shape index (κ2) is 3.16. The molecule has 0 aromatic carbocycles. The maximum Gasteiger partial charge on any atom is 0.143 e. The molecule has 0 heterocycles. The molecule has 1 aliphatic carbocycles. The second-order valence-electron chi connectivity index (χ2n) is 3.26. The lowest BCUT2D eigenvalue weighted by atomic mass is 9.90. The Kier molecular flexibility index (Phi) is 2.42. The Morgan fingerprint density at radius 2 is 2.27 bits per heavy atom. The molecule has 0 radical (unpaired) electrons. The van der Waals surface area contributed by atoms with Gasteiger partial charge in [-0.25, -0.2) is 0 Å². The quantitative estimate of drug-likeness (QED) is 0.566. The van der Waals surface area contributed by atoms with Crippen LogP contribution in [-0.2, 0) is 9.59 Å². The van der Waals surface area contributed by atoms with E-state index in [0.717, 1.165) is 12.8 Å². The van der Waals surface area contributed by atoms with E-state index in [4.69, 9.17) is 0 Å². The number of hydrogen-bond acceptors (Lipinski definition) is 2. The first-order valence-corrected chi connectivity index (χ1v) is 4.20. The van der Waals surface area contributed by atoms with Crippen LogP contribution < -0.4 is 0 Å². The third kappa shape index (κ3) is 1.50. The molecule has 62 valence electrons. The summed E-state index contributed by atoms with van der Waals surface area (Å²) in [5.74, 6) is 0.281. The van der Waals surface area contributed by atoms with E-state index in [9.17, 15) is 9.59 Å². The summed E-state index contributed by atoms with van der Waals surface area (Å²) in [6.07, 6.45) is 2.48. The number of rotatable bonds is 2. The van der Waals surface area contributed by atoms with Gasteiger partial charge >= 0.3 is 0 Å². The van der Waals surface area contributed by atoms with Crippen molar-refractivity contribution < 1.29 is 9.59 Å². The summed E-state index contributed by atoms with van der Waals surface area (Å²) in [5, 5.41) is 0. The Bertz CT molecular complexity index is 184. The van der Waals surface area contributed by atoms with Gasteiger partial charge in [0.25, 0.3) is 0 Å². The molecule has 2 heteroatoms. The van der Waals surface area contributed by atoms with E-state index in [0.29, 0.717) is 12.3 Å². The Balaban J connectivity index is 2.71. The number of ketones is 2. The highest BCUT2D eigenvalue weighted by Gasteiger charge is 2.36. The monoisotopic (exact) mass is 154 g/mol. The Hall–Kier alpha value is -0.660. The minimum Gasteiger partial charge on any atom is -0.299 e. The summed E-state index contributed by atoms with van der Waals surface area (Å²) in [7, 11) is 0. The predicted molar refractivity (Wildman–Crippen MR) is 42.2 cm³/mol. The lowest BCUT2D eigenvalue weighted by Gasteiger charge is -2.11. The van der Waals surface area contributed by atoms with Gasteiger partial charge in [-0.1, -0.05) is 13.3 Å². The highest BCUT2D eigenvalue weighted by molar-refractivity contribution is 6.03. The Morgan fingerprint density at radius 3 is 2.64 bits per heavy atom. The molecule has 0 spiro atoms. The van der Waals surface area contributed by atoms with Crippen LogP contribution in [0.1, 0.15) is 33.1 Å². The molecule has 0 amide bonds. The first-order valence-electron chi connectivity index (χ1n) is 4.20. The van der Waals surface area contributed by atoms with Crippen LogP contribution in [0.5, 0.6) is 0 Å². The van der Waals surface area contributed by atoms with E-state index in [1.807, 2.05) is 6.92 Å². The Labute approximate surface area is 67.0 Å². The minimum atomic E-state index is -0.264. The lowest BCUT2D eigenvalue weighted by molar-refractivity contribution is -0.130. The molecule has 2 nitrogen and oxygen atoms in total. The van der Waals surface area contributed by atoms with E-state index in [1.165, 1.54) is 6.92 Å². The summed E-state index contributed by atoms with van der Waals surface area (Å²) >= 11 is 0. The van der Waals surface area contributed by atoms with Gasteiger partial charge < -0.3 is 0 Å². The first kappa shape index (κ1) is 8.44. The van der Waals surface area contributed by atoms with Gasteiger partial charge in [-0.05, 0) is 19.3 Å². The van der Waals surface area contributed by atoms with Crippen LogP contribution in [0, 0.1) is 11.8 Å². The molecule has 11 heavy (non-hydrogen) atoms. The van der Waals surface area contributed by atoms with Gasteiger partial charge in [0.15, 0.2) is 0 Å². The highest BCUT2D eigenvalue weighted by Crippen LogP contribution is 2.31. The summed E-state index contributed by atoms with van der Waals surface area (Å²) in [5.41, 5.74) is 0. The van der Waals surface area contributed by atoms with E-state index >= 15 is 0 Å². The average Bonchev–Trinajstić information content (AvgIpc) is 2.30. The van der Waals surface area contributed by atoms with E-state index in [2.05, 4.69) is 0 Å². The minimum absolute atomic E-state index is 0.0550. The molecular weight excluding hydrogens is 140 g/mol. The molecule has 0 N–H and O–H groups in total. The van der Waals surface area contributed by atoms with Crippen molar-refractivity contribution in [3.63, 3.8) is 0 Å². The Morgan fingerprint density at radius 1 is 1.64 bits per heavy atom. The van der Waals surface area contributed by atoms with Gasteiger partial charge in [-0.15, -0.1) is 0 Å². The zero-order valence-corrected chi connectivity index (χ0v) is 7.09. The summed E-state index contributed by atoms with van der Waals surface area (Å²) in [6.45, 7) is 3.57. The van der Waals surface area contributed by atoms with Gasteiger partial charge in [0, 0.05) is 6.42 Å². The van der Waals surface area contributed by atoms with Gasteiger partial charge in [0.05, 0.1) is 5.92 Å². The zero-order valence-electron chi connectivity index (χ0n) is 7.09. The normalized spacial score (nSPS) is 30.9. The number of Topliss-reactive ketones (excluding diaryl/α,β-unsaturated/α-hetero) is 2. The summed E-state index contributed by atoms with van der Waals surface area (Å²) in [6, 6.07) is 0. The van der Waals surface area contributed by atoms with Crippen LogP contribution in [0.15, 0.2) is 0 Å². The fourth-order valence-electron chi connectivity index (χ4n) is 1.91. The summed E-state index contributed by atoms with van der Waals surface area (Å²) < 4.78 is 0. The van der Waals surface area contributed by atoms with E-state index in [1.54, 1.807) is 0 Å².